The molecule has 1 saturated heterocycles. The molecule has 2 aromatic rings. The van der Waals surface area contributed by atoms with Crippen molar-refractivity contribution in [3.8, 4) is 0 Å². The quantitative estimate of drug-likeness (QED) is 0.847. The van der Waals surface area contributed by atoms with Crippen molar-refractivity contribution in [2.24, 2.45) is 0 Å². The van der Waals surface area contributed by atoms with Crippen molar-refractivity contribution in [1.82, 2.24) is 24.6 Å². The molecule has 1 fully saturated rings. The van der Waals surface area contributed by atoms with E-state index in [0.717, 1.165) is 42.9 Å². The van der Waals surface area contributed by atoms with Gasteiger partial charge >= 0.3 is 0 Å². The third-order valence-electron chi connectivity index (χ3n) is 4.27. The molecule has 0 aromatic carbocycles. The van der Waals surface area contributed by atoms with Crippen LogP contribution in [0.1, 0.15) is 35.9 Å². The Bertz CT molecular complexity index is 698. The number of aryl methyl sites for hydroxylation is 1. The summed E-state index contributed by atoms with van der Waals surface area (Å²) in [5.74, 6) is 0.0808. The number of carbonyl (C=O) groups is 1. The lowest BCUT2D eigenvalue weighted by molar-refractivity contribution is 0.0663. The topological polar surface area (TPSA) is 54.3 Å². The van der Waals surface area contributed by atoms with Gasteiger partial charge in [0.1, 0.15) is 0 Å². The fraction of sp³-hybridized carbons (Fsp3) is 0.562. The lowest BCUT2D eigenvalue weighted by Gasteiger charge is -2.32. The molecule has 22 heavy (non-hydrogen) atoms. The molecule has 3 heterocycles. The van der Waals surface area contributed by atoms with Gasteiger partial charge in [-0.15, -0.1) is 0 Å². The van der Waals surface area contributed by atoms with Gasteiger partial charge in [0.05, 0.1) is 17.5 Å². The van der Waals surface area contributed by atoms with Gasteiger partial charge < -0.3 is 9.80 Å². The largest absolute Gasteiger partial charge is 0.336 e. The van der Waals surface area contributed by atoms with E-state index in [4.69, 9.17) is 0 Å². The van der Waals surface area contributed by atoms with E-state index >= 15 is 0 Å². The lowest BCUT2D eigenvalue weighted by atomic mass is 10.1. The van der Waals surface area contributed by atoms with Gasteiger partial charge in [-0.25, -0.2) is 9.67 Å². The predicted molar refractivity (Wildman–Crippen MR) is 86.1 cm³/mol. The minimum Gasteiger partial charge on any atom is -0.336 e. The predicted octanol–water partition coefficient (Wildman–Crippen LogP) is 1.71. The second kappa shape index (κ2) is 5.68. The third kappa shape index (κ3) is 2.59. The van der Waals surface area contributed by atoms with Crippen LogP contribution in [0.5, 0.6) is 0 Å². The Hall–Kier alpha value is -1.95. The first-order valence-corrected chi connectivity index (χ1v) is 7.80. The lowest BCUT2D eigenvalue weighted by Crippen LogP contribution is -2.47. The summed E-state index contributed by atoms with van der Waals surface area (Å²) in [6, 6.07) is 2.19. The Labute approximate surface area is 130 Å². The Balaban J connectivity index is 1.94. The van der Waals surface area contributed by atoms with E-state index in [1.54, 1.807) is 6.20 Å². The molecule has 6 heteroatoms. The molecule has 118 valence electrons. The zero-order valence-corrected chi connectivity index (χ0v) is 13.7. The molecule has 6 nitrogen and oxygen atoms in total. The molecule has 1 aliphatic heterocycles. The van der Waals surface area contributed by atoms with Crippen molar-refractivity contribution in [3.63, 3.8) is 0 Å². The molecule has 0 aliphatic carbocycles. The number of piperazine rings is 1. The second-order valence-corrected chi connectivity index (χ2v) is 6.31. The summed E-state index contributed by atoms with van der Waals surface area (Å²) in [6.45, 7) is 9.45. The first kappa shape index (κ1) is 15.0. The molecule has 1 amide bonds. The highest BCUT2D eigenvalue weighted by Gasteiger charge is 2.23. The number of hydrogen-bond donors (Lipinski definition) is 0. The zero-order chi connectivity index (χ0) is 15.9. The SMILES string of the molecule is Cc1nc2c(cnn2C(C)C)cc1C(=O)N1CCN(C)CC1. The Morgan fingerprint density at radius 1 is 1.23 bits per heavy atom. The summed E-state index contributed by atoms with van der Waals surface area (Å²) < 4.78 is 1.90. The standard InChI is InChI=1S/C16H23N5O/c1-11(2)21-15-13(10-17-21)9-14(12(3)18-15)16(22)20-7-5-19(4)6-8-20/h9-11H,5-8H2,1-4H3. The molecule has 0 saturated carbocycles. The number of amides is 1. The number of carbonyl (C=O) groups excluding carboxylic acids is 1. The van der Waals surface area contributed by atoms with Crippen LogP contribution in [0.15, 0.2) is 12.3 Å². The van der Waals surface area contributed by atoms with Crippen molar-refractivity contribution in [2.45, 2.75) is 26.8 Å². The van der Waals surface area contributed by atoms with E-state index in [2.05, 4.69) is 35.9 Å². The average molecular weight is 301 g/mol. The highest BCUT2D eigenvalue weighted by molar-refractivity contribution is 5.98. The minimum absolute atomic E-state index is 0.0808. The van der Waals surface area contributed by atoms with Gasteiger partial charge in [0.15, 0.2) is 5.65 Å². The first-order valence-electron chi connectivity index (χ1n) is 7.80. The number of aromatic nitrogens is 3. The highest BCUT2D eigenvalue weighted by atomic mass is 16.2. The van der Waals surface area contributed by atoms with Gasteiger partial charge in [-0.2, -0.15) is 5.10 Å². The zero-order valence-electron chi connectivity index (χ0n) is 13.7. The van der Waals surface area contributed by atoms with Crippen LogP contribution < -0.4 is 0 Å². The van der Waals surface area contributed by atoms with E-state index in [9.17, 15) is 4.79 Å². The molecule has 0 radical (unpaired) electrons. The summed E-state index contributed by atoms with van der Waals surface area (Å²) in [6.07, 6.45) is 1.79. The smallest absolute Gasteiger partial charge is 0.255 e. The molecule has 0 spiro atoms. The summed E-state index contributed by atoms with van der Waals surface area (Å²) in [5.41, 5.74) is 2.32. The van der Waals surface area contributed by atoms with E-state index in [1.165, 1.54) is 0 Å². The molecular weight excluding hydrogens is 278 g/mol. The molecule has 0 bridgehead atoms. The minimum atomic E-state index is 0.0808. The van der Waals surface area contributed by atoms with Crippen LogP contribution in [0, 0.1) is 6.92 Å². The fourth-order valence-electron chi connectivity index (χ4n) is 2.84. The van der Waals surface area contributed by atoms with Gasteiger partial charge in [0, 0.05) is 37.6 Å². The van der Waals surface area contributed by atoms with Crippen LogP contribution in [-0.4, -0.2) is 63.7 Å². The van der Waals surface area contributed by atoms with Crippen molar-refractivity contribution in [1.29, 1.82) is 0 Å². The van der Waals surface area contributed by atoms with Gasteiger partial charge in [0.25, 0.3) is 5.91 Å². The number of hydrogen-bond acceptors (Lipinski definition) is 4. The number of nitrogens with zero attached hydrogens (tertiary/aromatic N) is 5. The molecule has 0 atom stereocenters. The third-order valence-corrected chi connectivity index (χ3v) is 4.27. The molecule has 2 aromatic heterocycles. The number of fused-ring (bicyclic) bond motifs is 1. The van der Waals surface area contributed by atoms with Crippen LogP contribution in [0.25, 0.3) is 11.0 Å². The molecule has 0 N–H and O–H groups in total. The molecular formula is C16H23N5O. The monoisotopic (exact) mass is 301 g/mol. The summed E-state index contributed by atoms with van der Waals surface area (Å²) in [5, 5.41) is 5.31. The Morgan fingerprint density at radius 3 is 2.55 bits per heavy atom. The Morgan fingerprint density at radius 2 is 1.91 bits per heavy atom. The van der Waals surface area contributed by atoms with Crippen molar-refractivity contribution < 1.29 is 4.79 Å². The second-order valence-electron chi connectivity index (χ2n) is 6.31. The normalized spacial score (nSPS) is 16.7. The summed E-state index contributed by atoms with van der Waals surface area (Å²) in [4.78, 5) is 21.5. The highest BCUT2D eigenvalue weighted by Crippen LogP contribution is 2.20. The van der Waals surface area contributed by atoms with Crippen LogP contribution in [0.3, 0.4) is 0 Å². The van der Waals surface area contributed by atoms with Gasteiger partial charge in [0.2, 0.25) is 0 Å². The maximum absolute atomic E-state index is 12.8. The van der Waals surface area contributed by atoms with Gasteiger partial charge in [-0.1, -0.05) is 0 Å². The van der Waals surface area contributed by atoms with Crippen LogP contribution in [0.2, 0.25) is 0 Å². The van der Waals surface area contributed by atoms with Gasteiger partial charge in [-0.3, -0.25) is 4.79 Å². The van der Waals surface area contributed by atoms with E-state index in [-0.39, 0.29) is 11.9 Å². The van der Waals surface area contributed by atoms with E-state index in [1.807, 2.05) is 22.6 Å². The summed E-state index contributed by atoms with van der Waals surface area (Å²) >= 11 is 0. The van der Waals surface area contributed by atoms with Crippen molar-refractivity contribution >= 4 is 16.9 Å². The molecule has 1 aliphatic rings. The van der Waals surface area contributed by atoms with Crippen LogP contribution in [0.4, 0.5) is 0 Å². The van der Waals surface area contributed by atoms with Crippen molar-refractivity contribution in [2.75, 3.05) is 33.2 Å². The molecule has 0 unspecified atom stereocenters. The number of likely N-dealkylation sites (N-methyl/N-ethyl adjacent to an activating group) is 1. The van der Waals surface area contributed by atoms with Crippen LogP contribution >= 0.6 is 0 Å². The number of pyridine rings is 1. The number of rotatable bonds is 2. The fourth-order valence-corrected chi connectivity index (χ4v) is 2.84. The van der Waals surface area contributed by atoms with E-state index < -0.39 is 0 Å². The Kier molecular flexibility index (Phi) is 3.87. The molecule has 3 rings (SSSR count). The summed E-state index contributed by atoms with van der Waals surface area (Å²) in [7, 11) is 2.08. The maximum atomic E-state index is 12.8. The van der Waals surface area contributed by atoms with Gasteiger partial charge in [-0.05, 0) is 33.9 Å². The van der Waals surface area contributed by atoms with E-state index in [0.29, 0.717) is 5.56 Å². The first-order chi connectivity index (χ1) is 10.5. The van der Waals surface area contributed by atoms with Crippen molar-refractivity contribution in [3.05, 3.63) is 23.5 Å². The maximum Gasteiger partial charge on any atom is 0.255 e. The van der Waals surface area contributed by atoms with Crippen LogP contribution in [-0.2, 0) is 0 Å². The average Bonchev–Trinajstić information content (AvgIpc) is 2.89.